The van der Waals surface area contributed by atoms with Crippen LogP contribution in [0.4, 0.5) is 8.78 Å². The van der Waals surface area contributed by atoms with Crippen LogP contribution in [-0.2, 0) is 0 Å². The van der Waals surface area contributed by atoms with Gasteiger partial charge in [0.2, 0.25) is 0 Å². The van der Waals surface area contributed by atoms with Crippen LogP contribution in [0.1, 0.15) is 6.92 Å². The molecular formula is C8H9ClF2. The molecule has 0 aromatic rings. The van der Waals surface area contributed by atoms with E-state index in [0.717, 1.165) is 12.2 Å². The van der Waals surface area contributed by atoms with Gasteiger partial charge in [0.1, 0.15) is 11.7 Å². The van der Waals surface area contributed by atoms with Gasteiger partial charge in [0, 0.05) is 11.5 Å². The fraction of sp³-hybridized carbons (Fsp3) is 0.250. The van der Waals surface area contributed by atoms with E-state index in [2.05, 4.69) is 6.58 Å². The monoisotopic (exact) mass is 178 g/mol. The lowest BCUT2D eigenvalue weighted by Crippen LogP contribution is -1.81. The summed E-state index contributed by atoms with van der Waals surface area (Å²) in [6, 6.07) is 0. The summed E-state index contributed by atoms with van der Waals surface area (Å²) >= 11 is 5.20. The quantitative estimate of drug-likeness (QED) is 0.458. The standard InChI is InChI=1S/C8H9ClF2/c1-3-7(10)6(2)8(11)4-5-9/h3-4H,1,5H2,2H3/b7-6+,8-4+. The van der Waals surface area contributed by atoms with Gasteiger partial charge in [-0.3, -0.25) is 0 Å². The first-order valence-electron chi connectivity index (χ1n) is 3.04. The second kappa shape index (κ2) is 5.08. The Kier molecular flexibility index (Phi) is 4.79. The summed E-state index contributed by atoms with van der Waals surface area (Å²) in [5, 5.41) is 0. The number of alkyl halides is 1. The smallest absolute Gasteiger partial charge is 0.128 e. The second-order valence-corrected chi connectivity index (χ2v) is 2.19. The fourth-order valence-electron chi connectivity index (χ4n) is 0.488. The molecule has 0 aliphatic heterocycles. The van der Waals surface area contributed by atoms with E-state index in [0.29, 0.717) is 0 Å². The third-order valence-corrected chi connectivity index (χ3v) is 1.31. The summed E-state index contributed by atoms with van der Waals surface area (Å²) in [6.45, 7) is 4.49. The largest absolute Gasteiger partial charge is 0.207 e. The highest BCUT2D eigenvalue weighted by Crippen LogP contribution is 2.17. The molecule has 0 aromatic carbocycles. The Balaban J connectivity index is 4.59. The third kappa shape index (κ3) is 3.33. The molecule has 0 bridgehead atoms. The molecule has 3 heteroatoms. The molecule has 0 amide bonds. The van der Waals surface area contributed by atoms with Crippen molar-refractivity contribution < 1.29 is 8.78 Å². The summed E-state index contributed by atoms with van der Waals surface area (Å²) in [7, 11) is 0. The third-order valence-electron chi connectivity index (χ3n) is 1.15. The average molecular weight is 179 g/mol. The Morgan fingerprint density at radius 2 is 2.09 bits per heavy atom. The summed E-state index contributed by atoms with van der Waals surface area (Å²) < 4.78 is 25.2. The number of hydrogen-bond donors (Lipinski definition) is 0. The summed E-state index contributed by atoms with van der Waals surface area (Å²) in [4.78, 5) is 0. The number of allylic oxidation sites excluding steroid dienone is 5. The van der Waals surface area contributed by atoms with Crippen molar-refractivity contribution in [3.8, 4) is 0 Å². The zero-order chi connectivity index (χ0) is 8.85. The molecule has 0 nitrogen and oxygen atoms in total. The van der Waals surface area contributed by atoms with E-state index in [1.807, 2.05) is 0 Å². The molecule has 0 radical (unpaired) electrons. The Labute approximate surface area is 69.9 Å². The van der Waals surface area contributed by atoms with E-state index in [4.69, 9.17) is 11.6 Å². The van der Waals surface area contributed by atoms with Crippen LogP contribution in [0.3, 0.4) is 0 Å². The molecule has 0 heterocycles. The van der Waals surface area contributed by atoms with Gasteiger partial charge in [-0.1, -0.05) is 6.58 Å². The lowest BCUT2D eigenvalue weighted by Gasteiger charge is -1.95. The second-order valence-electron chi connectivity index (χ2n) is 1.88. The van der Waals surface area contributed by atoms with Crippen LogP contribution >= 0.6 is 11.6 Å². The van der Waals surface area contributed by atoms with Gasteiger partial charge in [-0.2, -0.15) is 0 Å². The molecule has 0 aromatic heterocycles. The van der Waals surface area contributed by atoms with Crippen LogP contribution in [0.25, 0.3) is 0 Å². The van der Waals surface area contributed by atoms with Crippen molar-refractivity contribution in [3.05, 3.63) is 36.0 Å². The maximum atomic E-state index is 12.7. The Hall–Kier alpha value is -0.630. The van der Waals surface area contributed by atoms with Crippen LogP contribution < -0.4 is 0 Å². The van der Waals surface area contributed by atoms with Crippen molar-refractivity contribution in [1.82, 2.24) is 0 Å². The highest BCUT2D eigenvalue weighted by Gasteiger charge is 2.02. The molecule has 0 saturated heterocycles. The fourth-order valence-corrected chi connectivity index (χ4v) is 0.623. The minimum absolute atomic E-state index is 0.0353. The molecule has 0 unspecified atom stereocenters. The van der Waals surface area contributed by atoms with Crippen molar-refractivity contribution in [2.75, 3.05) is 5.88 Å². The molecule has 0 N–H and O–H groups in total. The molecule has 0 rings (SSSR count). The molecule has 0 saturated carbocycles. The first kappa shape index (κ1) is 10.4. The molecular weight excluding hydrogens is 170 g/mol. The van der Waals surface area contributed by atoms with E-state index in [9.17, 15) is 8.78 Å². The highest BCUT2D eigenvalue weighted by molar-refractivity contribution is 6.18. The zero-order valence-corrected chi connectivity index (χ0v) is 6.96. The first-order valence-corrected chi connectivity index (χ1v) is 3.57. The highest BCUT2D eigenvalue weighted by atomic mass is 35.5. The normalized spacial score (nSPS) is 14.4. The number of halogens is 3. The number of hydrogen-bond acceptors (Lipinski definition) is 0. The van der Waals surface area contributed by atoms with Gasteiger partial charge in [0.15, 0.2) is 0 Å². The predicted octanol–water partition coefficient (Wildman–Crippen LogP) is 3.51. The van der Waals surface area contributed by atoms with Gasteiger partial charge in [-0.05, 0) is 19.1 Å². The lowest BCUT2D eigenvalue weighted by molar-refractivity contribution is 0.610. The molecule has 0 spiro atoms. The van der Waals surface area contributed by atoms with Crippen molar-refractivity contribution in [3.63, 3.8) is 0 Å². The molecule has 0 fully saturated rings. The molecule has 0 atom stereocenters. The molecule has 0 aliphatic rings. The Morgan fingerprint density at radius 3 is 2.45 bits per heavy atom. The number of rotatable bonds is 3. The van der Waals surface area contributed by atoms with Crippen LogP contribution in [-0.4, -0.2) is 5.88 Å². The predicted molar refractivity (Wildman–Crippen MR) is 43.9 cm³/mol. The summed E-state index contributed by atoms with van der Waals surface area (Å²) in [5.74, 6) is -1.27. The van der Waals surface area contributed by atoms with E-state index in [1.54, 1.807) is 0 Å². The maximum absolute atomic E-state index is 12.7. The van der Waals surface area contributed by atoms with Gasteiger partial charge < -0.3 is 0 Å². The van der Waals surface area contributed by atoms with E-state index in [-0.39, 0.29) is 11.5 Å². The van der Waals surface area contributed by atoms with Crippen LogP contribution in [0.2, 0.25) is 0 Å². The van der Waals surface area contributed by atoms with Crippen LogP contribution in [0, 0.1) is 0 Å². The zero-order valence-electron chi connectivity index (χ0n) is 6.20. The van der Waals surface area contributed by atoms with Crippen molar-refractivity contribution in [1.29, 1.82) is 0 Å². The van der Waals surface area contributed by atoms with Gasteiger partial charge in [0.05, 0.1) is 0 Å². The summed E-state index contributed by atoms with van der Waals surface area (Å²) in [5.41, 5.74) is -0.0688. The Morgan fingerprint density at radius 1 is 1.55 bits per heavy atom. The van der Waals surface area contributed by atoms with Crippen molar-refractivity contribution in [2.24, 2.45) is 0 Å². The van der Waals surface area contributed by atoms with Gasteiger partial charge in [-0.15, -0.1) is 11.6 Å². The van der Waals surface area contributed by atoms with E-state index >= 15 is 0 Å². The Bertz CT molecular complexity index is 204. The topological polar surface area (TPSA) is 0 Å². The minimum Gasteiger partial charge on any atom is -0.207 e. The minimum atomic E-state index is -0.663. The van der Waals surface area contributed by atoms with Crippen LogP contribution in [0.15, 0.2) is 36.0 Å². The molecule has 0 aliphatic carbocycles. The van der Waals surface area contributed by atoms with E-state index < -0.39 is 11.7 Å². The van der Waals surface area contributed by atoms with Crippen molar-refractivity contribution in [2.45, 2.75) is 6.92 Å². The maximum Gasteiger partial charge on any atom is 0.128 e. The van der Waals surface area contributed by atoms with Crippen molar-refractivity contribution >= 4 is 11.6 Å². The van der Waals surface area contributed by atoms with Crippen LogP contribution in [0.5, 0.6) is 0 Å². The molecule has 11 heavy (non-hydrogen) atoms. The first-order chi connectivity index (χ1) is 5.13. The SMILES string of the molecule is C=C/C(F)=C(C)\C(F)=C/CCl. The summed E-state index contributed by atoms with van der Waals surface area (Å²) in [6.07, 6.45) is 2.05. The molecule has 62 valence electrons. The average Bonchev–Trinajstić information content (AvgIpc) is 2.02. The van der Waals surface area contributed by atoms with Gasteiger partial charge in [0.25, 0.3) is 0 Å². The van der Waals surface area contributed by atoms with Gasteiger partial charge in [-0.25, -0.2) is 8.78 Å². The lowest BCUT2D eigenvalue weighted by atomic mass is 10.2. The van der Waals surface area contributed by atoms with E-state index in [1.165, 1.54) is 6.92 Å². The van der Waals surface area contributed by atoms with Gasteiger partial charge >= 0.3 is 0 Å².